The van der Waals surface area contributed by atoms with Gasteiger partial charge < -0.3 is 0 Å². The molecule has 0 aliphatic carbocycles. The molecule has 5 atom stereocenters. The first kappa shape index (κ1) is 30.0. The molecular weight excluding hydrogens is 670 g/mol. The van der Waals surface area contributed by atoms with Crippen molar-refractivity contribution in [3.05, 3.63) is 58.3 Å². The molecule has 24 heteroatoms. The zero-order valence-corrected chi connectivity index (χ0v) is 25.1. The van der Waals surface area contributed by atoms with Crippen LogP contribution in [0.1, 0.15) is 5.76 Å². The van der Waals surface area contributed by atoms with Crippen LogP contribution in [0.15, 0.2) is 51.4 Å². The first-order valence-electron chi connectivity index (χ1n) is 12.8. The number of hydrogen-bond donors (Lipinski definition) is 8. The molecule has 3 aromatic heterocycles. The van der Waals surface area contributed by atoms with Crippen LogP contribution in [-0.4, -0.2) is 54.5 Å². The van der Waals surface area contributed by atoms with Gasteiger partial charge in [0.1, 0.15) is 0 Å². The second-order valence-electron chi connectivity index (χ2n) is 9.87. The summed E-state index contributed by atoms with van der Waals surface area (Å²) in [6.45, 7) is -4.99. The number of nitrogens with zero attached hydrogens (tertiary/aromatic N) is 4. The molecule has 2 bridgehead atoms. The number of thiol groups is 1. The van der Waals surface area contributed by atoms with Gasteiger partial charge in [-0.25, -0.2) is 0 Å². The number of aromatic nitrogens is 4. The van der Waals surface area contributed by atoms with E-state index in [4.69, 9.17) is 38.7 Å². The maximum atomic E-state index is 15.6. The van der Waals surface area contributed by atoms with Crippen LogP contribution in [0.5, 0.6) is 5.75 Å². The molecule has 4 aliphatic rings. The molecule has 3 aromatic rings. The Morgan fingerprint density at radius 1 is 1.29 bits per heavy atom. The fourth-order valence-electron chi connectivity index (χ4n) is 5.00. The Labute approximate surface area is 254 Å². The fraction of sp³-hybridized carbons (Fsp3) is 0.286. The fourth-order valence-corrected chi connectivity index (χ4v) is 6.94. The molecule has 45 heavy (non-hydrogen) atoms. The molecule has 0 spiro atoms. The zero-order chi connectivity index (χ0) is 31.8. The summed E-state index contributed by atoms with van der Waals surface area (Å²) in [5.41, 5.74) is 10.5. The van der Waals surface area contributed by atoms with Crippen LogP contribution in [0.4, 0.5) is 20.6 Å². The van der Waals surface area contributed by atoms with Gasteiger partial charge in [0.2, 0.25) is 0 Å². The Hall–Kier alpha value is -3.72. The van der Waals surface area contributed by atoms with E-state index < -0.39 is 74.8 Å². The van der Waals surface area contributed by atoms with Crippen LogP contribution in [0.3, 0.4) is 0 Å². The van der Waals surface area contributed by atoms with Crippen molar-refractivity contribution in [2.24, 2.45) is 11.7 Å². The quantitative estimate of drug-likeness (QED) is 0.136. The summed E-state index contributed by atoms with van der Waals surface area (Å²) in [5, 5.41) is 5.94. The first-order chi connectivity index (χ1) is 21.3. The average Bonchev–Trinajstić information content (AvgIpc) is 3.71. The number of halogens is 2. The van der Waals surface area contributed by atoms with Crippen LogP contribution in [-0.2, 0) is 29.5 Å². The summed E-state index contributed by atoms with van der Waals surface area (Å²) in [7, 11) is -5.32. The minimum absolute atomic E-state index is 0.0401. The number of nitrogen functional groups attached to an aromatic ring is 1. The summed E-state index contributed by atoms with van der Waals surface area (Å²) < 4.78 is 76.9. The number of anilines is 2. The van der Waals surface area contributed by atoms with E-state index in [-0.39, 0.29) is 41.2 Å². The number of fused-ring (bicyclic) bond motifs is 5. The number of aromatic amines is 1. The summed E-state index contributed by atoms with van der Waals surface area (Å²) in [4.78, 5) is 45.2. The third-order valence-corrected chi connectivity index (χ3v) is 9.30. The third kappa shape index (κ3) is 5.33. The number of furan rings is 1. The number of H-pyrrole nitrogens is 1. The molecular formula is C21H23F2N9O10P2S. The van der Waals surface area contributed by atoms with Crippen LogP contribution in [0, 0.1) is 5.92 Å². The van der Waals surface area contributed by atoms with Crippen LogP contribution in [0.2, 0.25) is 0 Å². The van der Waals surface area contributed by atoms with Crippen molar-refractivity contribution in [2.75, 3.05) is 17.3 Å². The van der Waals surface area contributed by atoms with E-state index in [2.05, 4.69) is 37.8 Å². The van der Waals surface area contributed by atoms with Crippen LogP contribution >= 0.6 is 27.2 Å². The number of nitrogens with one attached hydrogen (secondary N) is 3. The molecule has 0 radical (unpaired) electrons. The van der Waals surface area contributed by atoms with Gasteiger partial charge in [0.05, 0.1) is 0 Å². The van der Waals surface area contributed by atoms with Gasteiger partial charge in [-0.2, -0.15) is 0 Å². The standard InChI is InChI=1S/C21H23F2N9O10P2S/c22-7-2-31(17-12(7)16(24)26-5-27-17)11-1-8-9(39-11)3-37-43(34,35)42-15-13(23)10(4-38-44(36,45)41-8)40-20(15)32-6-28-14-18(32)29-21(25)30-19(14)33/h1-2,4,6,12-13,16-17,26-27,34-35,43H,3,5,24H2,(H,36,45)(H3,25,29,30,33)/b10-4+/t12?,13-,16?,17?,44?/m1/s1. The van der Waals surface area contributed by atoms with Crippen molar-refractivity contribution in [3.8, 4) is 5.75 Å². The Kier molecular flexibility index (Phi) is 7.11. The summed E-state index contributed by atoms with van der Waals surface area (Å²) in [6, 6.07) is 1.21. The molecule has 4 aliphatic heterocycles. The number of imidazole rings is 1. The zero-order valence-electron chi connectivity index (χ0n) is 22.3. The van der Waals surface area contributed by atoms with Crippen LogP contribution < -0.4 is 37.1 Å². The molecule has 4 unspecified atom stereocenters. The van der Waals surface area contributed by atoms with Gasteiger partial charge in [-0.3, -0.25) is 0 Å². The number of nitrogens with two attached hydrogens (primary N) is 2. The van der Waals surface area contributed by atoms with Gasteiger partial charge in [0.25, 0.3) is 0 Å². The Morgan fingerprint density at radius 3 is 2.89 bits per heavy atom. The Balaban J connectivity index is 1.26. The van der Waals surface area contributed by atoms with Crippen molar-refractivity contribution in [3.63, 3.8) is 0 Å². The molecule has 19 nitrogen and oxygen atoms in total. The van der Waals surface area contributed by atoms with E-state index in [9.17, 15) is 23.5 Å². The predicted octanol–water partition coefficient (Wildman–Crippen LogP) is 0.714. The van der Waals surface area contributed by atoms with Crippen molar-refractivity contribution < 1.29 is 50.4 Å². The maximum absolute atomic E-state index is 15.6. The normalized spacial score (nSPS) is 31.5. The molecule has 0 aromatic carbocycles. The van der Waals surface area contributed by atoms with E-state index in [0.29, 0.717) is 6.26 Å². The SMILES string of the molecule is Nc1nc2c(ncn2C2=C3O[PH](O)(O)OCc4oc(N5C=C(F)C6C(N)NCNC65)cc4OP(=O)(S)O/C=C(/O2)[C@H]3F)c(=O)[nH]1. The topological polar surface area (TPSA) is 260 Å². The molecule has 0 saturated carbocycles. The van der Waals surface area contributed by atoms with Gasteiger partial charge in [-0.1, -0.05) is 0 Å². The Morgan fingerprint density at radius 2 is 2.09 bits per heavy atom. The molecule has 242 valence electrons. The number of hydrogen-bond acceptors (Lipinski definition) is 17. The van der Waals surface area contributed by atoms with Crippen molar-refractivity contribution in [1.82, 2.24) is 30.2 Å². The van der Waals surface area contributed by atoms with E-state index in [1.807, 2.05) is 0 Å². The van der Waals surface area contributed by atoms with Gasteiger partial charge in [-0.15, -0.1) is 0 Å². The van der Waals surface area contributed by atoms with Crippen molar-refractivity contribution in [1.29, 1.82) is 0 Å². The van der Waals surface area contributed by atoms with E-state index in [0.717, 1.165) is 17.1 Å². The molecule has 1 fully saturated rings. The summed E-state index contributed by atoms with van der Waals surface area (Å²) >= 11 is 3.93. The number of ether oxygens (including phenoxy) is 1. The van der Waals surface area contributed by atoms with E-state index in [1.54, 1.807) is 0 Å². The number of alkyl halides is 1. The Bertz CT molecular complexity index is 1910. The molecule has 9 N–H and O–H groups in total. The molecule has 1 saturated heterocycles. The van der Waals surface area contributed by atoms with Gasteiger partial charge in [0, 0.05) is 0 Å². The van der Waals surface area contributed by atoms with Gasteiger partial charge in [-0.05, 0) is 0 Å². The predicted molar refractivity (Wildman–Crippen MR) is 154 cm³/mol. The first-order valence-corrected chi connectivity index (χ1v) is 17.2. The second kappa shape index (κ2) is 10.7. The second-order valence-corrected chi connectivity index (χ2v) is 14.3. The van der Waals surface area contributed by atoms with Gasteiger partial charge >= 0.3 is 255 Å². The monoisotopic (exact) mass is 693 g/mol. The van der Waals surface area contributed by atoms with E-state index in [1.165, 1.54) is 11.0 Å². The van der Waals surface area contributed by atoms with Crippen molar-refractivity contribution in [2.45, 2.75) is 25.1 Å². The number of rotatable bonds is 2. The van der Waals surface area contributed by atoms with E-state index >= 15 is 4.39 Å². The third-order valence-electron chi connectivity index (χ3n) is 6.97. The van der Waals surface area contributed by atoms with Gasteiger partial charge in [0.15, 0.2) is 0 Å². The molecule has 7 heterocycles. The van der Waals surface area contributed by atoms with Crippen LogP contribution in [0.25, 0.3) is 17.0 Å². The minimum atomic E-state index is -5.32. The summed E-state index contributed by atoms with van der Waals surface area (Å²) in [6.07, 6.45) is -1.07. The molecule has 7 rings (SSSR count). The average molecular weight is 693 g/mol. The van der Waals surface area contributed by atoms with Crippen molar-refractivity contribution >= 4 is 56.1 Å². The molecule has 0 amide bonds. The summed E-state index contributed by atoms with van der Waals surface area (Å²) in [5.74, 6) is -4.40.